The maximum absolute atomic E-state index is 12.2. The molecule has 0 saturated heterocycles. The van der Waals surface area contributed by atoms with Crippen molar-refractivity contribution in [2.24, 2.45) is 5.92 Å². The average Bonchev–Trinajstić information content (AvgIpc) is 2.95. The number of rotatable bonds is 14. The van der Waals surface area contributed by atoms with Crippen LogP contribution in [0.2, 0.25) is 0 Å². The number of fused-ring (bicyclic) bond motifs is 1. The van der Waals surface area contributed by atoms with Gasteiger partial charge < -0.3 is 24.8 Å². The van der Waals surface area contributed by atoms with Gasteiger partial charge in [0.1, 0.15) is 23.6 Å². The van der Waals surface area contributed by atoms with Gasteiger partial charge >= 0.3 is 0 Å². The maximum atomic E-state index is 12.2. The summed E-state index contributed by atoms with van der Waals surface area (Å²) in [6.07, 6.45) is 10.9. The van der Waals surface area contributed by atoms with E-state index in [-0.39, 0.29) is 5.91 Å². The van der Waals surface area contributed by atoms with Crippen molar-refractivity contribution in [3.63, 3.8) is 0 Å². The first-order chi connectivity index (χ1) is 18.9. The number of aromatic nitrogens is 2. The van der Waals surface area contributed by atoms with Gasteiger partial charge in [0.05, 0.1) is 30.6 Å². The number of nitrogens with one attached hydrogen (secondary N) is 2. The first-order valence-electron chi connectivity index (χ1n) is 13.0. The van der Waals surface area contributed by atoms with Gasteiger partial charge in [-0.2, -0.15) is 0 Å². The van der Waals surface area contributed by atoms with Crippen LogP contribution in [0.1, 0.15) is 39.2 Å². The van der Waals surface area contributed by atoms with E-state index in [1.165, 1.54) is 12.4 Å². The number of benzene rings is 2. The van der Waals surface area contributed by atoms with E-state index in [0.717, 1.165) is 23.2 Å². The van der Waals surface area contributed by atoms with Crippen molar-refractivity contribution >= 4 is 39.6 Å². The third kappa shape index (κ3) is 8.15. The quantitative estimate of drug-likeness (QED) is 0.133. The molecule has 3 aromatic rings. The van der Waals surface area contributed by atoms with Crippen molar-refractivity contribution in [1.29, 1.82) is 0 Å². The third-order valence-electron chi connectivity index (χ3n) is 6.27. The molecule has 1 heterocycles. The van der Waals surface area contributed by atoms with Gasteiger partial charge in [0.15, 0.2) is 0 Å². The number of carbonyl (C=O) groups is 1. The minimum atomic E-state index is -0.346. The molecule has 2 N–H and O–H groups in total. The number of carbonyl (C=O) groups excluding carboxylic acids is 1. The Balaban J connectivity index is 1.99. The predicted molar refractivity (Wildman–Crippen MR) is 159 cm³/mol. The van der Waals surface area contributed by atoms with Gasteiger partial charge in [0.2, 0.25) is 5.91 Å². The van der Waals surface area contributed by atoms with Crippen molar-refractivity contribution in [3.8, 4) is 11.5 Å². The summed E-state index contributed by atoms with van der Waals surface area (Å²) in [7, 11) is 3.27. The van der Waals surface area contributed by atoms with E-state index < -0.39 is 0 Å². The summed E-state index contributed by atoms with van der Waals surface area (Å²) in [4.78, 5) is 21.1. The second-order valence-electron chi connectivity index (χ2n) is 9.14. The third-order valence-corrected chi connectivity index (χ3v) is 6.27. The topological polar surface area (TPSA) is 94.6 Å². The van der Waals surface area contributed by atoms with Gasteiger partial charge in [-0.25, -0.2) is 9.97 Å². The van der Waals surface area contributed by atoms with Gasteiger partial charge in [0.25, 0.3) is 0 Å². The van der Waals surface area contributed by atoms with Crippen molar-refractivity contribution < 1.29 is 19.0 Å². The van der Waals surface area contributed by atoms with Crippen LogP contribution in [0.5, 0.6) is 11.5 Å². The summed E-state index contributed by atoms with van der Waals surface area (Å²) in [5, 5.41) is 6.94. The largest absolute Gasteiger partial charge is 0.495 e. The van der Waals surface area contributed by atoms with E-state index in [2.05, 4.69) is 66.2 Å². The highest BCUT2D eigenvalue weighted by Gasteiger charge is 2.15. The lowest BCUT2D eigenvalue weighted by Gasteiger charge is -2.16. The molecular weight excluding hydrogens is 492 g/mol. The van der Waals surface area contributed by atoms with Gasteiger partial charge in [0, 0.05) is 31.6 Å². The lowest BCUT2D eigenvalue weighted by atomic mass is 10.0. The Hall–Kier alpha value is -4.17. The highest BCUT2D eigenvalue weighted by Crippen LogP contribution is 2.36. The Kier molecular flexibility index (Phi) is 11.1. The summed E-state index contributed by atoms with van der Waals surface area (Å²) in [5.74, 6) is 1.93. The molecule has 206 valence electrons. The SMILES string of the molecule is C=CC(=O)Nc1cc2c(Nc3cc(/C(C)=C/C=C\C(C)CC)ccc3OC)ncnc2cc1OCCCOC. The van der Waals surface area contributed by atoms with Gasteiger partial charge in [-0.1, -0.05) is 51.1 Å². The number of amides is 1. The molecule has 3 rings (SSSR count). The lowest BCUT2D eigenvalue weighted by molar-refractivity contribution is -0.111. The van der Waals surface area contributed by atoms with Crippen molar-refractivity contribution in [2.45, 2.75) is 33.6 Å². The first kappa shape index (κ1) is 29.4. The summed E-state index contributed by atoms with van der Waals surface area (Å²) >= 11 is 0. The Morgan fingerprint density at radius 2 is 1.92 bits per heavy atom. The number of nitrogens with zero attached hydrogens (tertiary/aromatic N) is 2. The Morgan fingerprint density at radius 3 is 2.64 bits per heavy atom. The molecule has 1 amide bonds. The second-order valence-corrected chi connectivity index (χ2v) is 9.14. The molecule has 0 bridgehead atoms. The van der Waals surface area contributed by atoms with Crippen LogP contribution in [0.3, 0.4) is 0 Å². The van der Waals surface area contributed by atoms with Crippen molar-refractivity contribution in [3.05, 3.63) is 73.1 Å². The zero-order chi connectivity index (χ0) is 28.2. The van der Waals surface area contributed by atoms with E-state index in [0.29, 0.717) is 59.5 Å². The average molecular weight is 531 g/mol. The van der Waals surface area contributed by atoms with Crippen molar-refractivity contribution in [1.82, 2.24) is 9.97 Å². The molecule has 0 aliphatic heterocycles. The van der Waals surface area contributed by atoms with Crippen LogP contribution in [0.4, 0.5) is 17.2 Å². The molecule has 0 spiro atoms. The van der Waals surface area contributed by atoms with Gasteiger partial charge in [-0.05, 0) is 48.3 Å². The fourth-order valence-electron chi connectivity index (χ4n) is 3.77. The van der Waals surface area contributed by atoms with E-state index in [1.54, 1.807) is 26.4 Å². The summed E-state index contributed by atoms with van der Waals surface area (Å²) in [6.45, 7) is 11.0. The first-order valence-corrected chi connectivity index (χ1v) is 13.0. The van der Waals surface area contributed by atoms with Crippen LogP contribution in [-0.2, 0) is 9.53 Å². The number of hydrogen-bond acceptors (Lipinski definition) is 7. The Morgan fingerprint density at radius 1 is 1.10 bits per heavy atom. The normalized spacial score (nSPS) is 12.4. The van der Waals surface area contributed by atoms with E-state index >= 15 is 0 Å². The standard InChI is InChI=1S/C31H38N4O4/c1-7-21(3)11-9-12-22(4)23-13-14-28(38-6)26(17-23)35-31-24-18-27(34-30(36)8-2)29(39-16-10-15-37-5)19-25(24)32-20-33-31/h8-9,11-14,17-21H,2,7,10,15-16H2,1,3-6H3,(H,34,36)(H,32,33,35)/b11-9-,22-12+. The monoisotopic (exact) mass is 530 g/mol. The smallest absolute Gasteiger partial charge is 0.247 e. The molecule has 0 fully saturated rings. The zero-order valence-corrected chi connectivity index (χ0v) is 23.4. The number of anilines is 3. The minimum Gasteiger partial charge on any atom is -0.495 e. The molecule has 0 saturated carbocycles. The van der Waals surface area contributed by atoms with E-state index in [9.17, 15) is 4.79 Å². The van der Waals surface area contributed by atoms with Crippen LogP contribution in [0.25, 0.3) is 16.5 Å². The minimum absolute atomic E-state index is 0.346. The Bertz CT molecular complexity index is 1350. The maximum Gasteiger partial charge on any atom is 0.247 e. The predicted octanol–water partition coefficient (Wildman–Crippen LogP) is 6.93. The Labute approximate surface area is 230 Å². The van der Waals surface area contributed by atoms with Crippen molar-refractivity contribution in [2.75, 3.05) is 38.1 Å². The van der Waals surface area contributed by atoms with Crippen LogP contribution >= 0.6 is 0 Å². The number of hydrogen-bond donors (Lipinski definition) is 2. The highest BCUT2D eigenvalue weighted by molar-refractivity contribution is 6.03. The summed E-state index contributed by atoms with van der Waals surface area (Å²) in [6, 6.07) is 9.58. The highest BCUT2D eigenvalue weighted by atomic mass is 16.5. The number of ether oxygens (including phenoxy) is 3. The molecule has 1 unspecified atom stereocenters. The number of methoxy groups -OCH3 is 2. The van der Waals surface area contributed by atoms with Gasteiger partial charge in [-0.3, -0.25) is 4.79 Å². The molecule has 8 heteroatoms. The lowest BCUT2D eigenvalue weighted by Crippen LogP contribution is -2.10. The molecule has 2 aromatic carbocycles. The fraction of sp³-hybridized carbons (Fsp3) is 0.323. The fourth-order valence-corrected chi connectivity index (χ4v) is 3.77. The molecule has 0 aliphatic carbocycles. The molecule has 1 aromatic heterocycles. The number of allylic oxidation sites excluding steroid dienone is 4. The molecule has 39 heavy (non-hydrogen) atoms. The molecular formula is C31H38N4O4. The molecule has 1 atom stereocenters. The van der Waals surface area contributed by atoms with Crippen LogP contribution in [-0.4, -0.2) is 43.3 Å². The molecule has 0 aliphatic rings. The summed E-state index contributed by atoms with van der Waals surface area (Å²) < 4.78 is 16.7. The van der Waals surface area contributed by atoms with E-state index in [1.807, 2.05) is 18.2 Å². The summed E-state index contributed by atoms with van der Waals surface area (Å²) in [5.41, 5.74) is 4.08. The van der Waals surface area contributed by atoms with Crippen LogP contribution in [0.15, 0.2) is 67.5 Å². The second kappa shape index (κ2) is 14.7. The zero-order valence-electron chi connectivity index (χ0n) is 23.4. The van der Waals surface area contributed by atoms with E-state index in [4.69, 9.17) is 14.2 Å². The molecule has 8 nitrogen and oxygen atoms in total. The van der Waals surface area contributed by atoms with Crippen LogP contribution < -0.4 is 20.1 Å². The van der Waals surface area contributed by atoms with Gasteiger partial charge in [-0.15, -0.1) is 0 Å². The van der Waals surface area contributed by atoms with Crippen LogP contribution in [0, 0.1) is 5.92 Å². The molecule has 0 radical (unpaired) electrons.